The molecule has 2 rings (SSSR count). The molecule has 0 N–H and O–H groups in total. The average Bonchev–Trinajstić information content (AvgIpc) is 2.74. The molecule has 0 fully saturated rings. The van der Waals surface area contributed by atoms with Crippen LogP contribution in [0.5, 0.6) is 0 Å². The molecule has 94 valence electrons. The molecule has 0 amide bonds. The zero-order valence-corrected chi connectivity index (χ0v) is 10.3. The summed E-state index contributed by atoms with van der Waals surface area (Å²) in [6.07, 6.45) is -1.80. The Hall–Kier alpha value is -1.41. The van der Waals surface area contributed by atoms with E-state index in [0.717, 1.165) is 0 Å². The van der Waals surface area contributed by atoms with Crippen LogP contribution in [0.1, 0.15) is 15.4 Å². The minimum absolute atomic E-state index is 0.0906. The van der Waals surface area contributed by atoms with Gasteiger partial charge in [0.25, 0.3) is 0 Å². The van der Waals surface area contributed by atoms with Gasteiger partial charge in [0.05, 0.1) is 0 Å². The topological polar surface area (TPSA) is 42.9 Å². The molecule has 0 aromatic carbocycles. The van der Waals surface area contributed by atoms with Crippen LogP contribution in [-0.4, -0.2) is 15.1 Å². The number of pyridine rings is 1. The number of carbonyl (C=O) groups excluding carboxylic acids is 1. The zero-order chi connectivity index (χ0) is 13.3. The molecule has 2 aromatic heterocycles. The molecule has 0 saturated heterocycles. The van der Waals surface area contributed by atoms with Gasteiger partial charge >= 0.3 is 6.18 Å². The van der Waals surface area contributed by atoms with Crippen LogP contribution in [0.2, 0.25) is 0 Å². The van der Waals surface area contributed by atoms with Crippen molar-refractivity contribution < 1.29 is 18.0 Å². The summed E-state index contributed by atoms with van der Waals surface area (Å²) in [5.41, 5.74) is -0.778. The lowest BCUT2D eigenvalue weighted by Crippen LogP contribution is -2.09. The minimum atomic E-state index is -4.68. The van der Waals surface area contributed by atoms with Crippen molar-refractivity contribution in [3.05, 3.63) is 35.1 Å². The number of alkyl halides is 3. The van der Waals surface area contributed by atoms with Gasteiger partial charge < -0.3 is 0 Å². The average molecular weight is 290 g/mol. The van der Waals surface area contributed by atoms with Gasteiger partial charge in [-0.25, -0.2) is 4.98 Å². The number of carbonyl (C=O) groups is 1. The molecular weight excluding hydrogens is 285 g/mol. The molecule has 2 aromatic rings. The highest BCUT2D eigenvalue weighted by Gasteiger charge is 2.39. The Kier molecular flexibility index (Phi) is 3.40. The first-order chi connectivity index (χ1) is 8.39. The molecule has 0 atom stereocenters. The van der Waals surface area contributed by atoms with E-state index in [1.807, 2.05) is 0 Å². The van der Waals surface area contributed by atoms with Gasteiger partial charge in [0.15, 0.2) is 5.69 Å². The number of hydrogen-bond acceptors (Lipinski definition) is 4. The van der Waals surface area contributed by atoms with Gasteiger partial charge in [-0.1, -0.05) is 12.6 Å². The summed E-state index contributed by atoms with van der Waals surface area (Å²) in [4.78, 5) is 17.8. The van der Waals surface area contributed by atoms with Crippen LogP contribution in [0, 0.1) is 0 Å². The summed E-state index contributed by atoms with van der Waals surface area (Å²) in [6, 6.07) is 3.14. The van der Waals surface area contributed by atoms with Crippen LogP contribution in [0.15, 0.2) is 24.5 Å². The van der Waals surface area contributed by atoms with Crippen LogP contribution in [-0.2, 0) is 6.18 Å². The van der Waals surface area contributed by atoms with Crippen molar-refractivity contribution in [3.8, 4) is 10.6 Å². The molecule has 0 unspecified atom stereocenters. The maximum Gasteiger partial charge on any atom is 0.434 e. The van der Waals surface area contributed by atoms with Gasteiger partial charge in [0, 0.05) is 18.0 Å². The lowest BCUT2D eigenvalue weighted by Gasteiger charge is -2.02. The van der Waals surface area contributed by atoms with Crippen LogP contribution >= 0.6 is 24.0 Å². The Morgan fingerprint density at radius 2 is 2.11 bits per heavy atom. The van der Waals surface area contributed by atoms with E-state index in [-0.39, 0.29) is 5.01 Å². The fraction of sp³-hybridized carbons (Fsp3) is 0.100. The molecule has 0 radical (unpaired) electrons. The number of halogens is 3. The molecular formula is C10H5F3N2OS2. The standard InChI is InChI=1S/C10H5F3N2OS2/c11-10(12,13)7-6(9(16)17)18-8(15-7)5-2-1-3-14-4-5/h1-4H,(H,16,17). The summed E-state index contributed by atoms with van der Waals surface area (Å²) in [7, 11) is 0. The summed E-state index contributed by atoms with van der Waals surface area (Å²) in [6.45, 7) is 0. The summed E-state index contributed by atoms with van der Waals surface area (Å²) in [5.74, 6) is 0. The summed E-state index contributed by atoms with van der Waals surface area (Å²) >= 11 is 4.08. The second-order valence-corrected chi connectivity index (χ2v) is 4.65. The normalized spacial score (nSPS) is 11.6. The molecule has 0 aliphatic carbocycles. The second kappa shape index (κ2) is 4.69. The predicted octanol–water partition coefficient (Wildman–Crippen LogP) is 3.29. The number of thiazole rings is 1. The Labute approximate surface area is 109 Å². The van der Waals surface area contributed by atoms with Crippen molar-refractivity contribution >= 4 is 29.1 Å². The van der Waals surface area contributed by atoms with E-state index in [4.69, 9.17) is 0 Å². The number of hydrogen-bond donors (Lipinski definition) is 1. The highest BCUT2D eigenvalue weighted by Crippen LogP contribution is 2.38. The Morgan fingerprint density at radius 3 is 2.56 bits per heavy atom. The van der Waals surface area contributed by atoms with Gasteiger partial charge in [-0.3, -0.25) is 9.78 Å². The summed E-state index contributed by atoms with van der Waals surface area (Å²) in [5, 5.41) is -0.859. The smallest absolute Gasteiger partial charge is 0.281 e. The fourth-order valence-electron chi connectivity index (χ4n) is 1.27. The predicted molar refractivity (Wildman–Crippen MR) is 63.7 cm³/mol. The first-order valence-electron chi connectivity index (χ1n) is 4.61. The van der Waals surface area contributed by atoms with E-state index in [9.17, 15) is 18.0 Å². The highest BCUT2D eigenvalue weighted by atomic mass is 32.1. The number of thiol groups is 1. The third-order valence-electron chi connectivity index (χ3n) is 2.00. The molecule has 8 heteroatoms. The van der Waals surface area contributed by atoms with Crippen molar-refractivity contribution in [3.63, 3.8) is 0 Å². The third kappa shape index (κ3) is 2.54. The van der Waals surface area contributed by atoms with Crippen molar-refractivity contribution in [2.24, 2.45) is 0 Å². The van der Waals surface area contributed by atoms with E-state index < -0.39 is 21.9 Å². The second-order valence-electron chi connectivity index (χ2n) is 3.24. The zero-order valence-electron chi connectivity index (χ0n) is 8.60. The fourth-order valence-corrected chi connectivity index (χ4v) is 2.43. The lowest BCUT2D eigenvalue weighted by molar-refractivity contribution is -0.140. The largest absolute Gasteiger partial charge is 0.434 e. The van der Waals surface area contributed by atoms with Crippen molar-refractivity contribution in [2.45, 2.75) is 6.18 Å². The molecule has 2 heterocycles. The van der Waals surface area contributed by atoms with Crippen molar-refractivity contribution in [1.29, 1.82) is 0 Å². The molecule has 0 aliphatic rings. The molecule has 0 aliphatic heterocycles. The Morgan fingerprint density at radius 1 is 1.39 bits per heavy atom. The quantitative estimate of drug-likeness (QED) is 0.863. The van der Waals surface area contributed by atoms with E-state index in [2.05, 4.69) is 22.6 Å². The van der Waals surface area contributed by atoms with Crippen LogP contribution in [0.3, 0.4) is 0 Å². The van der Waals surface area contributed by atoms with Gasteiger partial charge in [-0.15, -0.1) is 11.3 Å². The maximum atomic E-state index is 12.7. The highest BCUT2D eigenvalue weighted by molar-refractivity contribution is 7.97. The Bertz CT molecular complexity index is 581. The van der Waals surface area contributed by atoms with Crippen molar-refractivity contribution in [2.75, 3.05) is 0 Å². The van der Waals surface area contributed by atoms with Crippen LogP contribution < -0.4 is 0 Å². The number of aromatic nitrogens is 2. The Balaban J connectivity index is 2.57. The van der Waals surface area contributed by atoms with E-state index in [1.165, 1.54) is 12.4 Å². The first kappa shape index (κ1) is 13.0. The monoisotopic (exact) mass is 290 g/mol. The van der Waals surface area contributed by atoms with Crippen LogP contribution in [0.4, 0.5) is 13.2 Å². The number of rotatable bonds is 2. The third-order valence-corrected chi connectivity index (χ3v) is 3.48. The van der Waals surface area contributed by atoms with E-state index >= 15 is 0 Å². The molecule has 0 bridgehead atoms. The van der Waals surface area contributed by atoms with E-state index in [1.54, 1.807) is 12.1 Å². The van der Waals surface area contributed by atoms with Crippen LogP contribution in [0.25, 0.3) is 10.6 Å². The lowest BCUT2D eigenvalue weighted by atomic mass is 10.3. The molecule has 0 saturated carbocycles. The minimum Gasteiger partial charge on any atom is -0.281 e. The van der Waals surface area contributed by atoms with Gasteiger partial charge in [0.2, 0.25) is 5.12 Å². The molecule has 3 nitrogen and oxygen atoms in total. The molecule has 18 heavy (non-hydrogen) atoms. The SMILES string of the molecule is O=C(S)c1sc(-c2cccnc2)nc1C(F)(F)F. The summed E-state index contributed by atoms with van der Waals surface area (Å²) < 4.78 is 38.0. The first-order valence-corrected chi connectivity index (χ1v) is 5.87. The van der Waals surface area contributed by atoms with Crippen molar-refractivity contribution in [1.82, 2.24) is 9.97 Å². The molecule has 0 spiro atoms. The van der Waals surface area contributed by atoms with E-state index in [0.29, 0.717) is 16.9 Å². The van der Waals surface area contributed by atoms with Gasteiger partial charge in [-0.05, 0) is 12.1 Å². The number of nitrogens with zero attached hydrogens (tertiary/aromatic N) is 2. The van der Waals surface area contributed by atoms with Gasteiger partial charge in [-0.2, -0.15) is 13.2 Å². The maximum absolute atomic E-state index is 12.7. The van der Waals surface area contributed by atoms with Gasteiger partial charge in [0.1, 0.15) is 9.88 Å².